The fourth-order valence-electron chi connectivity index (χ4n) is 1.35. The molecule has 0 radical (unpaired) electrons. The number of pyridine rings is 1. The molecule has 88 valence electrons. The van der Waals surface area contributed by atoms with E-state index < -0.39 is 0 Å². The molecule has 0 bridgehead atoms. The molecule has 0 aromatic carbocycles. The molecule has 0 aliphatic heterocycles. The van der Waals surface area contributed by atoms with E-state index in [4.69, 9.17) is 0 Å². The number of carbonyl (C=O) groups excluding carboxylic acids is 1. The summed E-state index contributed by atoms with van der Waals surface area (Å²) in [6.45, 7) is 4.94. The fourth-order valence-corrected chi connectivity index (χ4v) is 1.35. The Morgan fingerprint density at radius 2 is 2.19 bits per heavy atom. The van der Waals surface area contributed by atoms with Gasteiger partial charge in [-0.2, -0.15) is 0 Å². The SMILES string of the molecule is CC(C)CCN(C)C(=O)c1cc[nH]c(=O)c1. The highest BCUT2D eigenvalue weighted by atomic mass is 16.2. The van der Waals surface area contributed by atoms with E-state index in [2.05, 4.69) is 18.8 Å². The van der Waals surface area contributed by atoms with Gasteiger partial charge in [0.05, 0.1) is 0 Å². The van der Waals surface area contributed by atoms with Crippen molar-refractivity contribution >= 4 is 5.91 Å². The molecule has 0 aliphatic carbocycles. The van der Waals surface area contributed by atoms with Crippen LogP contribution in [0.2, 0.25) is 0 Å². The molecule has 4 heteroatoms. The van der Waals surface area contributed by atoms with Crippen molar-refractivity contribution in [2.45, 2.75) is 20.3 Å². The van der Waals surface area contributed by atoms with Crippen LogP contribution in [0.5, 0.6) is 0 Å². The number of hydrogen-bond acceptors (Lipinski definition) is 2. The molecule has 0 atom stereocenters. The van der Waals surface area contributed by atoms with E-state index in [1.807, 2.05) is 0 Å². The van der Waals surface area contributed by atoms with Gasteiger partial charge in [0.2, 0.25) is 5.56 Å². The number of amides is 1. The van der Waals surface area contributed by atoms with E-state index >= 15 is 0 Å². The van der Waals surface area contributed by atoms with Gasteiger partial charge in [0.25, 0.3) is 5.91 Å². The molecule has 1 rings (SSSR count). The summed E-state index contributed by atoms with van der Waals surface area (Å²) >= 11 is 0. The van der Waals surface area contributed by atoms with E-state index in [9.17, 15) is 9.59 Å². The molecule has 1 amide bonds. The second-order valence-electron chi connectivity index (χ2n) is 4.35. The van der Waals surface area contributed by atoms with Crippen molar-refractivity contribution in [3.63, 3.8) is 0 Å². The predicted octanol–water partition coefficient (Wildman–Crippen LogP) is 1.49. The third-order valence-corrected chi connectivity index (χ3v) is 2.41. The van der Waals surface area contributed by atoms with Crippen LogP contribution in [0.4, 0.5) is 0 Å². The van der Waals surface area contributed by atoms with Gasteiger partial charge in [-0.15, -0.1) is 0 Å². The molecule has 1 N–H and O–H groups in total. The molecule has 0 saturated carbocycles. The number of hydrogen-bond donors (Lipinski definition) is 1. The molecule has 0 unspecified atom stereocenters. The number of nitrogens with one attached hydrogen (secondary N) is 1. The standard InChI is InChI=1S/C12H18N2O2/c1-9(2)5-7-14(3)12(16)10-4-6-13-11(15)8-10/h4,6,8-9H,5,7H2,1-3H3,(H,13,15). The molecule has 0 fully saturated rings. The smallest absolute Gasteiger partial charge is 0.253 e. The van der Waals surface area contributed by atoms with Crippen molar-refractivity contribution in [2.75, 3.05) is 13.6 Å². The Morgan fingerprint density at radius 3 is 2.75 bits per heavy atom. The number of aromatic amines is 1. The lowest BCUT2D eigenvalue weighted by atomic mass is 10.1. The summed E-state index contributed by atoms with van der Waals surface area (Å²) in [5, 5.41) is 0. The Bertz CT molecular complexity index is 409. The molecular weight excluding hydrogens is 204 g/mol. The monoisotopic (exact) mass is 222 g/mol. The van der Waals surface area contributed by atoms with Crippen LogP contribution in [0.1, 0.15) is 30.6 Å². The van der Waals surface area contributed by atoms with Crippen LogP contribution < -0.4 is 5.56 Å². The third kappa shape index (κ3) is 3.53. The quantitative estimate of drug-likeness (QED) is 0.839. The largest absolute Gasteiger partial charge is 0.342 e. The van der Waals surface area contributed by atoms with Gasteiger partial charge in [0.1, 0.15) is 0 Å². The maximum atomic E-state index is 11.9. The normalized spacial score (nSPS) is 10.5. The first-order chi connectivity index (χ1) is 7.50. The maximum Gasteiger partial charge on any atom is 0.253 e. The summed E-state index contributed by atoms with van der Waals surface area (Å²) < 4.78 is 0. The van der Waals surface area contributed by atoms with Crippen LogP contribution in [-0.2, 0) is 0 Å². The molecule has 1 aromatic rings. The zero-order valence-electron chi connectivity index (χ0n) is 9.99. The molecule has 4 nitrogen and oxygen atoms in total. The van der Waals surface area contributed by atoms with Crippen molar-refractivity contribution in [3.8, 4) is 0 Å². The average molecular weight is 222 g/mol. The van der Waals surface area contributed by atoms with Gasteiger partial charge in [-0.1, -0.05) is 13.8 Å². The molecule has 0 spiro atoms. The van der Waals surface area contributed by atoms with Crippen molar-refractivity contribution in [1.82, 2.24) is 9.88 Å². The Hall–Kier alpha value is -1.58. The lowest BCUT2D eigenvalue weighted by Gasteiger charge is -2.18. The number of carbonyl (C=O) groups is 1. The lowest BCUT2D eigenvalue weighted by Crippen LogP contribution is -2.29. The van der Waals surface area contributed by atoms with Crippen LogP contribution in [0.25, 0.3) is 0 Å². The lowest BCUT2D eigenvalue weighted by molar-refractivity contribution is 0.0789. The Morgan fingerprint density at radius 1 is 1.50 bits per heavy atom. The topological polar surface area (TPSA) is 53.2 Å². The minimum Gasteiger partial charge on any atom is -0.342 e. The second-order valence-corrected chi connectivity index (χ2v) is 4.35. The number of aromatic nitrogens is 1. The third-order valence-electron chi connectivity index (χ3n) is 2.41. The Kier molecular flexibility index (Phi) is 4.28. The highest BCUT2D eigenvalue weighted by Gasteiger charge is 2.11. The summed E-state index contributed by atoms with van der Waals surface area (Å²) in [4.78, 5) is 27.1. The first-order valence-electron chi connectivity index (χ1n) is 5.45. The van der Waals surface area contributed by atoms with Gasteiger partial charge in [-0.25, -0.2) is 0 Å². The van der Waals surface area contributed by atoms with Gasteiger partial charge in [-0.05, 0) is 18.4 Å². The number of H-pyrrole nitrogens is 1. The van der Waals surface area contributed by atoms with Crippen LogP contribution in [0.15, 0.2) is 23.1 Å². The second kappa shape index (κ2) is 5.49. The highest BCUT2D eigenvalue weighted by molar-refractivity contribution is 5.93. The zero-order valence-corrected chi connectivity index (χ0v) is 9.99. The summed E-state index contributed by atoms with van der Waals surface area (Å²) in [7, 11) is 1.76. The van der Waals surface area contributed by atoms with E-state index in [-0.39, 0.29) is 11.5 Å². The van der Waals surface area contributed by atoms with Gasteiger partial charge < -0.3 is 9.88 Å². The average Bonchev–Trinajstić information content (AvgIpc) is 2.24. The van der Waals surface area contributed by atoms with Crippen LogP contribution in [-0.4, -0.2) is 29.4 Å². The van der Waals surface area contributed by atoms with Crippen molar-refractivity contribution in [3.05, 3.63) is 34.2 Å². The molecule has 16 heavy (non-hydrogen) atoms. The maximum absolute atomic E-state index is 11.9. The van der Waals surface area contributed by atoms with Crippen molar-refractivity contribution < 1.29 is 4.79 Å². The van der Waals surface area contributed by atoms with Gasteiger partial charge in [0, 0.05) is 31.4 Å². The van der Waals surface area contributed by atoms with Gasteiger partial charge in [0.15, 0.2) is 0 Å². The van der Waals surface area contributed by atoms with E-state index in [0.29, 0.717) is 18.0 Å². The molecule has 0 aliphatic rings. The van der Waals surface area contributed by atoms with Gasteiger partial charge >= 0.3 is 0 Å². The first-order valence-corrected chi connectivity index (χ1v) is 5.45. The van der Waals surface area contributed by atoms with Crippen LogP contribution >= 0.6 is 0 Å². The fraction of sp³-hybridized carbons (Fsp3) is 0.500. The van der Waals surface area contributed by atoms with Gasteiger partial charge in [-0.3, -0.25) is 9.59 Å². The molecule has 0 saturated heterocycles. The minimum absolute atomic E-state index is 0.105. The van der Waals surface area contributed by atoms with E-state index in [1.165, 1.54) is 12.3 Å². The Labute approximate surface area is 95.3 Å². The van der Waals surface area contributed by atoms with E-state index in [1.54, 1.807) is 18.0 Å². The summed E-state index contributed by atoms with van der Waals surface area (Å²) in [5.74, 6) is 0.459. The number of rotatable bonds is 4. The zero-order chi connectivity index (χ0) is 12.1. The first kappa shape index (κ1) is 12.5. The van der Waals surface area contributed by atoms with Crippen LogP contribution in [0, 0.1) is 5.92 Å². The van der Waals surface area contributed by atoms with E-state index in [0.717, 1.165) is 6.42 Å². The predicted molar refractivity (Wildman–Crippen MR) is 63.5 cm³/mol. The summed E-state index contributed by atoms with van der Waals surface area (Å²) in [6, 6.07) is 2.95. The molecule has 1 aromatic heterocycles. The van der Waals surface area contributed by atoms with Crippen molar-refractivity contribution in [2.24, 2.45) is 5.92 Å². The minimum atomic E-state index is -0.247. The van der Waals surface area contributed by atoms with Crippen LogP contribution in [0.3, 0.4) is 0 Å². The Balaban J connectivity index is 2.67. The van der Waals surface area contributed by atoms with Crippen molar-refractivity contribution in [1.29, 1.82) is 0 Å². The molecule has 1 heterocycles. The molecular formula is C12H18N2O2. The number of nitrogens with zero attached hydrogens (tertiary/aromatic N) is 1. The summed E-state index contributed by atoms with van der Waals surface area (Å²) in [5.41, 5.74) is 0.193. The summed E-state index contributed by atoms with van der Waals surface area (Å²) in [6.07, 6.45) is 2.46. The highest BCUT2D eigenvalue weighted by Crippen LogP contribution is 2.04.